The van der Waals surface area contributed by atoms with Gasteiger partial charge in [-0.2, -0.15) is 0 Å². The number of Topliss-reactive ketones (excluding diaryl/α,β-unsaturated/α-hetero) is 1. The summed E-state index contributed by atoms with van der Waals surface area (Å²) in [6.07, 6.45) is 2.64. The Balaban J connectivity index is 1.80. The van der Waals surface area contributed by atoms with E-state index in [1.54, 1.807) is 30.3 Å². The molecule has 2 unspecified atom stereocenters. The Kier molecular flexibility index (Phi) is 8.62. The second-order valence-corrected chi connectivity index (χ2v) is 10.2. The fourth-order valence-corrected chi connectivity index (χ4v) is 4.92. The highest BCUT2D eigenvalue weighted by Crippen LogP contribution is 2.42. The van der Waals surface area contributed by atoms with Gasteiger partial charge in [-0.25, -0.2) is 0 Å². The maximum atomic E-state index is 13.9. The number of ketones is 1. The third-order valence-electron chi connectivity index (χ3n) is 6.88. The van der Waals surface area contributed by atoms with Gasteiger partial charge in [0.05, 0.1) is 46.4 Å². The molecule has 1 fully saturated rings. The van der Waals surface area contributed by atoms with Crippen molar-refractivity contribution < 1.29 is 33.8 Å². The molecular formula is C30H38N2O6. The molecule has 2 aromatic carbocycles. The summed E-state index contributed by atoms with van der Waals surface area (Å²) >= 11 is 0. The number of likely N-dealkylation sites (tertiary alicyclic amines) is 1. The van der Waals surface area contributed by atoms with Crippen LogP contribution in [-0.2, 0) is 16.0 Å². The van der Waals surface area contributed by atoms with Crippen molar-refractivity contribution in [3.63, 3.8) is 0 Å². The van der Waals surface area contributed by atoms with Crippen LogP contribution < -0.4 is 24.2 Å². The first-order valence-electron chi connectivity index (χ1n) is 13.5. The van der Waals surface area contributed by atoms with Crippen LogP contribution in [0.5, 0.6) is 17.2 Å². The van der Waals surface area contributed by atoms with Crippen LogP contribution >= 0.6 is 0 Å². The molecule has 38 heavy (non-hydrogen) atoms. The first-order chi connectivity index (χ1) is 18.2. The molecule has 2 aromatic rings. The number of hydrogen-bond acceptors (Lipinski definition) is 6. The van der Waals surface area contributed by atoms with E-state index in [0.29, 0.717) is 55.4 Å². The fourth-order valence-electron chi connectivity index (χ4n) is 4.92. The van der Waals surface area contributed by atoms with Crippen molar-refractivity contribution in [3.05, 3.63) is 58.7 Å². The number of unbranched alkanes of at least 4 members (excludes halogenated alkanes) is 1. The molecule has 2 heterocycles. The molecule has 8 heteroatoms. The normalized spacial score (nSPS) is 20.1. The Morgan fingerprint density at radius 1 is 1.11 bits per heavy atom. The highest BCUT2D eigenvalue weighted by atomic mass is 16.5. The molecule has 0 spiro atoms. The number of likely N-dealkylation sites (N-methyl/N-ethyl adjacent to an activating group) is 1. The maximum Gasteiger partial charge on any atom is 0.295 e. The van der Waals surface area contributed by atoms with E-state index < -0.39 is 23.5 Å². The predicted octanol–water partition coefficient (Wildman–Crippen LogP) is 1.96. The van der Waals surface area contributed by atoms with E-state index >= 15 is 0 Å². The third kappa shape index (κ3) is 5.65. The van der Waals surface area contributed by atoms with Crippen molar-refractivity contribution in [1.82, 2.24) is 4.90 Å². The SMILES string of the molecule is CCCCOc1ccc(C2C(=C([O-])c3ccc4c(c3)CC(C)O4)C(=O)C(=O)N2CC[NH+](C)C)cc1OCC. The minimum Gasteiger partial charge on any atom is -0.872 e. The molecule has 2 aliphatic heterocycles. The van der Waals surface area contributed by atoms with Crippen molar-refractivity contribution in [2.45, 2.75) is 52.2 Å². The van der Waals surface area contributed by atoms with Gasteiger partial charge in [-0.15, -0.1) is 0 Å². The van der Waals surface area contributed by atoms with Gasteiger partial charge in [0.1, 0.15) is 11.9 Å². The lowest BCUT2D eigenvalue weighted by atomic mass is 9.94. The molecule has 1 N–H and O–H groups in total. The van der Waals surface area contributed by atoms with E-state index in [0.717, 1.165) is 29.1 Å². The second-order valence-electron chi connectivity index (χ2n) is 10.2. The zero-order chi connectivity index (χ0) is 27.4. The summed E-state index contributed by atoms with van der Waals surface area (Å²) in [6.45, 7) is 7.90. The number of fused-ring (bicyclic) bond motifs is 1. The van der Waals surface area contributed by atoms with E-state index in [9.17, 15) is 14.7 Å². The van der Waals surface area contributed by atoms with Crippen LogP contribution in [0.4, 0.5) is 0 Å². The minimum atomic E-state index is -0.811. The van der Waals surface area contributed by atoms with E-state index in [4.69, 9.17) is 14.2 Å². The number of nitrogens with one attached hydrogen (secondary N) is 1. The largest absolute Gasteiger partial charge is 0.872 e. The second kappa shape index (κ2) is 11.9. The van der Waals surface area contributed by atoms with Crippen LogP contribution in [0.3, 0.4) is 0 Å². The summed E-state index contributed by atoms with van der Waals surface area (Å²) in [5.74, 6) is 0.0434. The Labute approximate surface area is 224 Å². The molecule has 2 aliphatic rings. The van der Waals surface area contributed by atoms with E-state index in [1.807, 2.05) is 34.0 Å². The van der Waals surface area contributed by atoms with Crippen molar-refractivity contribution in [2.24, 2.45) is 0 Å². The molecule has 0 aromatic heterocycles. The summed E-state index contributed by atoms with van der Waals surface area (Å²) in [6, 6.07) is 9.83. The van der Waals surface area contributed by atoms with Crippen LogP contribution in [0.2, 0.25) is 0 Å². The summed E-state index contributed by atoms with van der Waals surface area (Å²) in [5.41, 5.74) is 1.92. The predicted molar refractivity (Wildman–Crippen MR) is 142 cm³/mol. The van der Waals surface area contributed by atoms with Crippen LogP contribution in [0.15, 0.2) is 42.0 Å². The lowest BCUT2D eigenvalue weighted by molar-refractivity contribution is -0.857. The lowest BCUT2D eigenvalue weighted by Gasteiger charge is -2.28. The van der Waals surface area contributed by atoms with Gasteiger partial charge in [-0.1, -0.05) is 31.2 Å². The van der Waals surface area contributed by atoms with E-state index in [1.165, 1.54) is 4.90 Å². The average molecular weight is 523 g/mol. The number of ether oxygens (including phenoxy) is 3. The van der Waals surface area contributed by atoms with Gasteiger partial charge in [0.15, 0.2) is 11.5 Å². The molecule has 1 saturated heterocycles. The van der Waals surface area contributed by atoms with Crippen LogP contribution in [0.1, 0.15) is 56.3 Å². The lowest BCUT2D eigenvalue weighted by Crippen LogP contribution is -3.06. The standard InChI is InChI=1S/C30H38N2O6/c1-6-8-15-37-24-12-9-20(18-25(24)36-7-2)27-26(29(34)30(35)32(27)14-13-31(4)5)28(33)21-10-11-23-22(17-21)16-19(3)38-23/h9-12,17-19,27,33H,6-8,13-16H2,1-5H3. The molecule has 0 saturated carbocycles. The number of carbonyl (C=O) groups excluding carboxylic acids is 2. The number of carbonyl (C=O) groups is 2. The van der Waals surface area contributed by atoms with Gasteiger partial charge < -0.3 is 29.1 Å². The molecule has 204 valence electrons. The van der Waals surface area contributed by atoms with Gasteiger partial charge in [-0.05, 0) is 61.2 Å². The summed E-state index contributed by atoms with van der Waals surface area (Å²) in [4.78, 5) is 29.3. The number of benzene rings is 2. The Bertz CT molecular complexity index is 1220. The fraction of sp³-hybridized carbons (Fsp3) is 0.467. The first-order valence-corrected chi connectivity index (χ1v) is 13.5. The van der Waals surface area contributed by atoms with Crippen molar-refractivity contribution in [2.75, 3.05) is 40.4 Å². The maximum absolute atomic E-state index is 13.9. The van der Waals surface area contributed by atoms with Crippen molar-refractivity contribution in [1.29, 1.82) is 0 Å². The average Bonchev–Trinajstić information content (AvgIpc) is 3.38. The molecule has 8 nitrogen and oxygen atoms in total. The quantitative estimate of drug-likeness (QED) is 0.210. The Morgan fingerprint density at radius 3 is 2.61 bits per heavy atom. The number of nitrogens with zero attached hydrogens (tertiary/aromatic N) is 1. The van der Waals surface area contributed by atoms with Gasteiger partial charge >= 0.3 is 0 Å². The van der Waals surface area contributed by atoms with Gasteiger partial charge in [0.2, 0.25) is 5.78 Å². The summed E-state index contributed by atoms with van der Waals surface area (Å²) < 4.78 is 17.6. The van der Waals surface area contributed by atoms with Gasteiger partial charge in [-0.3, -0.25) is 9.59 Å². The molecule has 4 rings (SSSR count). The monoisotopic (exact) mass is 522 g/mol. The minimum absolute atomic E-state index is 0.0298. The van der Waals surface area contributed by atoms with E-state index in [-0.39, 0.29) is 11.7 Å². The number of amides is 1. The van der Waals surface area contributed by atoms with Crippen LogP contribution in [0.25, 0.3) is 5.76 Å². The van der Waals surface area contributed by atoms with Crippen LogP contribution in [0, 0.1) is 0 Å². The van der Waals surface area contributed by atoms with Crippen molar-refractivity contribution in [3.8, 4) is 17.2 Å². The van der Waals surface area contributed by atoms with Crippen molar-refractivity contribution >= 4 is 17.4 Å². The van der Waals surface area contributed by atoms with Crippen LogP contribution in [-0.4, -0.2) is 63.1 Å². The Morgan fingerprint density at radius 2 is 1.89 bits per heavy atom. The van der Waals surface area contributed by atoms with Gasteiger partial charge in [0.25, 0.3) is 5.91 Å². The first kappa shape index (κ1) is 27.5. The number of rotatable bonds is 11. The van der Waals surface area contributed by atoms with Gasteiger partial charge in [0, 0.05) is 12.0 Å². The third-order valence-corrected chi connectivity index (χ3v) is 6.88. The summed E-state index contributed by atoms with van der Waals surface area (Å²) in [5, 5.41) is 13.9. The zero-order valence-corrected chi connectivity index (χ0v) is 23.0. The molecule has 0 radical (unpaired) electrons. The number of hydrogen-bond donors (Lipinski definition) is 1. The molecule has 2 atom stereocenters. The molecular weight excluding hydrogens is 484 g/mol. The zero-order valence-electron chi connectivity index (χ0n) is 23.0. The molecule has 0 aliphatic carbocycles. The number of quaternary nitrogens is 1. The molecule has 1 amide bonds. The molecule has 0 bridgehead atoms. The topological polar surface area (TPSA) is 92.6 Å². The smallest absolute Gasteiger partial charge is 0.295 e. The Hall–Kier alpha value is -3.52. The van der Waals surface area contributed by atoms with E-state index in [2.05, 4.69) is 6.92 Å². The highest BCUT2D eigenvalue weighted by molar-refractivity contribution is 6.46. The summed E-state index contributed by atoms with van der Waals surface area (Å²) in [7, 11) is 3.97. The highest BCUT2D eigenvalue weighted by Gasteiger charge is 2.44.